The van der Waals surface area contributed by atoms with Gasteiger partial charge in [0.05, 0.1) is 26.4 Å². The molecular weight excluding hydrogens is 398 g/mol. The zero-order valence-corrected chi connectivity index (χ0v) is 17.3. The summed E-state index contributed by atoms with van der Waals surface area (Å²) in [4.78, 5) is 8.82. The van der Waals surface area contributed by atoms with Crippen molar-refractivity contribution in [2.24, 2.45) is 0 Å². The second kappa shape index (κ2) is 8.48. The quantitative estimate of drug-likeness (QED) is 0.465. The Kier molecular flexibility index (Phi) is 5.39. The molecule has 10 nitrogen and oxygen atoms in total. The summed E-state index contributed by atoms with van der Waals surface area (Å²) in [5, 5.41) is 21.2. The van der Waals surface area contributed by atoms with Crippen molar-refractivity contribution in [3.05, 3.63) is 36.9 Å². The summed E-state index contributed by atoms with van der Waals surface area (Å²) in [6, 6.07) is 6.21. The van der Waals surface area contributed by atoms with E-state index < -0.39 is 0 Å². The maximum absolute atomic E-state index is 8.92. The van der Waals surface area contributed by atoms with Crippen molar-refractivity contribution in [3.63, 3.8) is 0 Å². The first kappa shape index (κ1) is 19.7. The van der Waals surface area contributed by atoms with Crippen LogP contribution in [-0.2, 0) is 4.74 Å². The lowest BCUT2D eigenvalue weighted by Gasteiger charge is -2.29. The lowest BCUT2D eigenvalue weighted by Crippen LogP contribution is -2.31. The highest BCUT2D eigenvalue weighted by Crippen LogP contribution is 2.32. The number of hydrogen-bond donors (Lipinski definition) is 2. The van der Waals surface area contributed by atoms with E-state index in [-0.39, 0.29) is 18.8 Å². The topological polar surface area (TPSA) is 111 Å². The van der Waals surface area contributed by atoms with E-state index in [0.717, 1.165) is 48.0 Å². The van der Waals surface area contributed by atoms with Gasteiger partial charge in [-0.25, -0.2) is 14.0 Å². The van der Waals surface area contributed by atoms with Gasteiger partial charge in [0.25, 0.3) is 0 Å². The monoisotopic (exact) mass is 423 g/mol. The van der Waals surface area contributed by atoms with Crippen LogP contribution in [0.15, 0.2) is 36.9 Å². The summed E-state index contributed by atoms with van der Waals surface area (Å²) >= 11 is 0. The first-order valence-corrected chi connectivity index (χ1v) is 10.5. The molecule has 0 bridgehead atoms. The molecule has 5 rings (SSSR count). The molecule has 10 heteroatoms. The van der Waals surface area contributed by atoms with Crippen LogP contribution in [0, 0.1) is 0 Å². The molecule has 31 heavy (non-hydrogen) atoms. The molecule has 0 atom stereocenters. The fourth-order valence-corrected chi connectivity index (χ4v) is 4.18. The van der Waals surface area contributed by atoms with E-state index in [1.54, 1.807) is 16.1 Å². The van der Waals surface area contributed by atoms with E-state index in [0.29, 0.717) is 18.4 Å². The molecule has 0 unspecified atom stereocenters. The van der Waals surface area contributed by atoms with Crippen LogP contribution in [-0.4, -0.2) is 66.8 Å². The van der Waals surface area contributed by atoms with Crippen molar-refractivity contribution in [1.82, 2.24) is 29.2 Å². The first-order valence-electron chi connectivity index (χ1n) is 10.5. The molecule has 0 spiro atoms. The summed E-state index contributed by atoms with van der Waals surface area (Å²) in [5.74, 6) is 1.05. The highest BCUT2D eigenvalue weighted by molar-refractivity contribution is 5.84. The van der Waals surface area contributed by atoms with Crippen LogP contribution < -0.4 is 10.1 Å². The molecule has 1 saturated carbocycles. The Morgan fingerprint density at radius 2 is 2.03 bits per heavy atom. The van der Waals surface area contributed by atoms with Gasteiger partial charge in [0.1, 0.15) is 11.8 Å². The van der Waals surface area contributed by atoms with Crippen molar-refractivity contribution in [2.75, 3.05) is 25.6 Å². The van der Waals surface area contributed by atoms with Gasteiger partial charge in [0, 0.05) is 29.6 Å². The molecule has 162 valence electrons. The molecule has 0 radical (unpaired) electrons. The van der Waals surface area contributed by atoms with Crippen molar-refractivity contribution in [2.45, 2.75) is 37.8 Å². The standard InChI is InChI=1S/C21H25N7O3/c1-30-20-19-17(14-2-7-18-22-13-23-28(18)12-14)8-9-27(19)26-21(25-20)24-15-3-5-16(6-4-15)31-11-10-29/h2,7-9,12-13,15-16,29H,3-6,10-11H2,1H3,(H,24,26). The SMILES string of the molecule is COc1nc(NC2CCC(OCCO)CC2)nn2ccc(-c3ccc4ncnn4c3)c12. The van der Waals surface area contributed by atoms with E-state index in [2.05, 4.69) is 25.5 Å². The number of anilines is 1. The van der Waals surface area contributed by atoms with Crippen LogP contribution in [0.4, 0.5) is 5.95 Å². The van der Waals surface area contributed by atoms with Crippen LogP contribution in [0.5, 0.6) is 5.88 Å². The average Bonchev–Trinajstić information content (AvgIpc) is 3.44. The fraction of sp³-hybridized carbons (Fsp3) is 0.429. The van der Waals surface area contributed by atoms with Gasteiger partial charge in [-0.2, -0.15) is 10.1 Å². The Balaban J connectivity index is 1.38. The summed E-state index contributed by atoms with van der Waals surface area (Å²) in [6.45, 7) is 0.469. The first-order chi connectivity index (χ1) is 15.2. The summed E-state index contributed by atoms with van der Waals surface area (Å²) in [6.07, 6.45) is 9.43. The molecule has 1 aliphatic carbocycles. The Morgan fingerprint density at radius 1 is 1.16 bits per heavy atom. The number of aliphatic hydroxyl groups is 1. The average molecular weight is 423 g/mol. The molecule has 1 aliphatic rings. The number of nitrogens with zero attached hydrogens (tertiary/aromatic N) is 6. The van der Waals surface area contributed by atoms with E-state index in [1.807, 2.05) is 30.6 Å². The van der Waals surface area contributed by atoms with Crippen molar-refractivity contribution >= 4 is 17.1 Å². The minimum absolute atomic E-state index is 0.0668. The maximum Gasteiger partial charge on any atom is 0.244 e. The number of pyridine rings is 1. The van der Waals surface area contributed by atoms with Crippen LogP contribution in [0.25, 0.3) is 22.3 Å². The largest absolute Gasteiger partial charge is 0.479 e. The number of rotatable bonds is 7. The van der Waals surface area contributed by atoms with Crippen molar-refractivity contribution < 1.29 is 14.6 Å². The number of aliphatic hydroxyl groups excluding tert-OH is 1. The van der Waals surface area contributed by atoms with Crippen LogP contribution >= 0.6 is 0 Å². The fourth-order valence-electron chi connectivity index (χ4n) is 4.18. The number of nitrogens with one attached hydrogen (secondary N) is 1. The summed E-state index contributed by atoms with van der Waals surface area (Å²) in [7, 11) is 1.62. The zero-order chi connectivity index (χ0) is 21.2. The Labute approximate surface area is 178 Å². The molecule has 0 aliphatic heterocycles. The molecule has 1 fully saturated rings. The molecule has 4 aromatic heterocycles. The van der Waals surface area contributed by atoms with E-state index >= 15 is 0 Å². The predicted octanol–water partition coefficient (Wildman–Crippen LogP) is 2.18. The predicted molar refractivity (Wildman–Crippen MR) is 114 cm³/mol. The third-order valence-corrected chi connectivity index (χ3v) is 5.71. The molecule has 4 aromatic rings. The smallest absolute Gasteiger partial charge is 0.244 e. The number of hydrogen-bond acceptors (Lipinski definition) is 8. The second-order valence-electron chi connectivity index (χ2n) is 7.66. The molecule has 2 N–H and O–H groups in total. The minimum atomic E-state index is 0.0668. The highest BCUT2D eigenvalue weighted by atomic mass is 16.5. The molecular formula is C21H25N7O3. The van der Waals surface area contributed by atoms with Crippen molar-refractivity contribution in [1.29, 1.82) is 0 Å². The van der Waals surface area contributed by atoms with Crippen LogP contribution in [0.1, 0.15) is 25.7 Å². The Bertz CT molecular complexity index is 1180. The maximum atomic E-state index is 8.92. The number of aromatic nitrogens is 6. The highest BCUT2D eigenvalue weighted by Gasteiger charge is 2.23. The number of methoxy groups -OCH3 is 1. The van der Waals surface area contributed by atoms with Gasteiger partial charge in [0.15, 0.2) is 5.65 Å². The van der Waals surface area contributed by atoms with Gasteiger partial charge in [-0.05, 0) is 43.9 Å². The number of fused-ring (bicyclic) bond motifs is 2. The van der Waals surface area contributed by atoms with Gasteiger partial charge in [-0.15, -0.1) is 5.10 Å². The molecule has 4 heterocycles. The van der Waals surface area contributed by atoms with Crippen LogP contribution in [0.2, 0.25) is 0 Å². The Hall–Kier alpha value is -3.24. The van der Waals surface area contributed by atoms with Gasteiger partial charge in [-0.1, -0.05) is 0 Å². The van der Waals surface area contributed by atoms with Crippen molar-refractivity contribution in [3.8, 4) is 17.0 Å². The third-order valence-electron chi connectivity index (χ3n) is 5.71. The summed E-state index contributed by atoms with van der Waals surface area (Å²) < 4.78 is 14.8. The lowest BCUT2D eigenvalue weighted by molar-refractivity contribution is 0.00718. The lowest BCUT2D eigenvalue weighted by atomic mass is 9.93. The summed E-state index contributed by atoms with van der Waals surface area (Å²) in [5.41, 5.74) is 3.53. The van der Waals surface area contributed by atoms with Gasteiger partial charge in [0.2, 0.25) is 11.8 Å². The Morgan fingerprint density at radius 3 is 2.84 bits per heavy atom. The van der Waals surface area contributed by atoms with E-state index in [9.17, 15) is 0 Å². The number of ether oxygens (including phenoxy) is 2. The normalized spacial score (nSPS) is 19.2. The molecule has 0 amide bonds. The molecule has 0 aromatic carbocycles. The van der Waals surface area contributed by atoms with E-state index in [4.69, 9.17) is 14.6 Å². The minimum Gasteiger partial charge on any atom is -0.479 e. The second-order valence-corrected chi connectivity index (χ2v) is 7.66. The van der Waals surface area contributed by atoms with E-state index in [1.165, 1.54) is 6.33 Å². The van der Waals surface area contributed by atoms with Gasteiger partial charge < -0.3 is 19.9 Å². The third kappa shape index (κ3) is 3.91. The van der Waals surface area contributed by atoms with Gasteiger partial charge in [-0.3, -0.25) is 0 Å². The zero-order valence-electron chi connectivity index (χ0n) is 17.3. The van der Waals surface area contributed by atoms with Gasteiger partial charge >= 0.3 is 0 Å². The molecule has 0 saturated heterocycles. The van der Waals surface area contributed by atoms with Crippen LogP contribution in [0.3, 0.4) is 0 Å².